The lowest BCUT2D eigenvalue weighted by Gasteiger charge is -2.13. The standard InChI is InChI=1S/C23H23FN6O/c1-3-4-15-5-6-16(14(2)28-15)19-12-26-23(30-13-27-29-22(19)30)25-11-18-17-9-10-31-21(17)8-7-20(18)24/h5-8,12-13H,3-4,9-11H2,1-2H3,(H,25,26). The van der Waals surface area contributed by atoms with Crippen LogP contribution in [0.1, 0.15) is 35.9 Å². The second kappa shape index (κ2) is 7.94. The number of ether oxygens (including phenoxy) is 1. The molecule has 0 unspecified atom stereocenters. The molecule has 4 heterocycles. The SMILES string of the molecule is CCCc1ccc(-c2cnc(NCc3c(F)ccc4c3CCO4)n3cnnc23)c(C)n1. The van der Waals surface area contributed by atoms with Crippen molar-refractivity contribution in [1.29, 1.82) is 0 Å². The van der Waals surface area contributed by atoms with E-state index in [0.717, 1.165) is 46.7 Å². The Kier molecular flexibility index (Phi) is 4.97. The fraction of sp³-hybridized carbons (Fsp3) is 0.304. The molecule has 0 spiro atoms. The smallest absolute Gasteiger partial charge is 0.210 e. The van der Waals surface area contributed by atoms with Gasteiger partial charge < -0.3 is 10.1 Å². The summed E-state index contributed by atoms with van der Waals surface area (Å²) in [6.07, 6.45) is 6.09. The summed E-state index contributed by atoms with van der Waals surface area (Å²) in [7, 11) is 0. The molecule has 0 saturated heterocycles. The van der Waals surface area contributed by atoms with Crippen LogP contribution in [0.4, 0.5) is 10.3 Å². The fourth-order valence-electron chi connectivity index (χ4n) is 4.11. The highest BCUT2D eigenvalue weighted by atomic mass is 19.1. The first-order valence-electron chi connectivity index (χ1n) is 10.5. The van der Waals surface area contributed by atoms with E-state index in [0.29, 0.717) is 36.7 Å². The van der Waals surface area contributed by atoms with Crippen LogP contribution in [0.25, 0.3) is 16.8 Å². The summed E-state index contributed by atoms with van der Waals surface area (Å²) >= 11 is 0. The van der Waals surface area contributed by atoms with Crippen molar-refractivity contribution in [1.82, 2.24) is 24.6 Å². The number of nitrogens with one attached hydrogen (secondary N) is 1. The Morgan fingerprint density at radius 3 is 2.94 bits per heavy atom. The largest absolute Gasteiger partial charge is 0.493 e. The first-order chi connectivity index (χ1) is 15.2. The van der Waals surface area contributed by atoms with Crippen molar-refractivity contribution in [3.8, 4) is 16.9 Å². The van der Waals surface area contributed by atoms with E-state index in [1.54, 1.807) is 23.0 Å². The quantitative estimate of drug-likeness (QED) is 0.507. The number of anilines is 1. The molecule has 0 fully saturated rings. The number of hydrogen-bond acceptors (Lipinski definition) is 6. The maximum absolute atomic E-state index is 14.5. The van der Waals surface area contributed by atoms with Crippen molar-refractivity contribution in [3.63, 3.8) is 0 Å². The number of benzene rings is 1. The maximum atomic E-state index is 14.5. The summed E-state index contributed by atoms with van der Waals surface area (Å²) in [6, 6.07) is 7.25. The third-order valence-electron chi connectivity index (χ3n) is 5.64. The molecule has 1 N–H and O–H groups in total. The van der Waals surface area contributed by atoms with Gasteiger partial charge in [-0.2, -0.15) is 0 Å². The van der Waals surface area contributed by atoms with Gasteiger partial charge in [-0.1, -0.05) is 19.4 Å². The van der Waals surface area contributed by atoms with Gasteiger partial charge in [0, 0.05) is 52.8 Å². The molecule has 8 heteroatoms. The zero-order valence-electron chi connectivity index (χ0n) is 17.5. The molecule has 7 nitrogen and oxygen atoms in total. The zero-order chi connectivity index (χ0) is 21.4. The lowest BCUT2D eigenvalue weighted by Crippen LogP contribution is -2.10. The minimum Gasteiger partial charge on any atom is -0.493 e. The molecule has 1 aliphatic rings. The Balaban J connectivity index is 1.47. The molecule has 0 saturated carbocycles. The van der Waals surface area contributed by atoms with Crippen molar-refractivity contribution in [2.24, 2.45) is 0 Å². The Labute approximate surface area is 179 Å². The summed E-state index contributed by atoms with van der Waals surface area (Å²) in [4.78, 5) is 9.30. The highest BCUT2D eigenvalue weighted by molar-refractivity contribution is 5.79. The van der Waals surface area contributed by atoms with E-state index in [2.05, 4.69) is 33.5 Å². The van der Waals surface area contributed by atoms with Gasteiger partial charge in [-0.25, -0.2) is 9.37 Å². The normalized spacial score (nSPS) is 12.7. The average molecular weight is 418 g/mol. The van der Waals surface area contributed by atoms with Crippen LogP contribution in [0.2, 0.25) is 0 Å². The number of aryl methyl sites for hydroxylation is 2. The summed E-state index contributed by atoms with van der Waals surface area (Å²) in [6.45, 7) is 5.01. The van der Waals surface area contributed by atoms with Crippen LogP contribution in [0.15, 0.2) is 36.8 Å². The van der Waals surface area contributed by atoms with Gasteiger partial charge in [0.05, 0.1) is 6.61 Å². The fourth-order valence-corrected chi connectivity index (χ4v) is 4.11. The molecule has 0 radical (unpaired) electrons. The number of pyridine rings is 1. The van der Waals surface area contributed by atoms with Crippen LogP contribution in [0.5, 0.6) is 5.75 Å². The number of fused-ring (bicyclic) bond motifs is 2. The lowest BCUT2D eigenvalue weighted by atomic mass is 10.0. The summed E-state index contributed by atoms with van der Waals surface area (Å²) in [5.74, 6) is 1.06. The molecule has 0 atom stereocenters. The Hall–Kier alpha value is -3.55. The molecule has 31 heavy (non-hydrogen) atoms. The Morgan fingerprint density at radius 2 is 2.10 bits per heavy atom. The van der Waals surface area contributed by atoms with E-state index in [4.69, 9.17) is 9.72 Å². The zero-order valence-corrected chi connectivity index (χ0v) is 17.5. The van der Waals surface area contributed by atoms with Gasteiger partial charge in [0.1, 0.15) is 17.9 Å². The van der Waals surface area contributed by atoms with E-state index in [-0.39, 0.29) is 5.82 Å². The van der Waals surface area contributed by atoms with Crippen LogP contribution < -0.4 is 10.1 Å². The molecule has 0 bridgehead atoms. The van der Waals surface area contributed by atoms with Crippen LogP contribution in [0.3, 0.4) is 0 Å². The predicted molar refractivity (Wildman–Crippen MR) is 116 cm³/mol. The minimum absolute atomic E-state index is 0.248. The van der Waals surface area contributed by atoms with Crippen molar-refractivity contribution in [2.45, 2.75) is 39.7 Å². The van der Waals surface area contributed by atoms with Gasteiger partial charge >= 0.3 is 0 Å². The van der Waals surface area contributed by atoms with Gasteiger partial charge in [0.2, 0.25) is 5.95 Å². The van der Waals surface area contributed by atoms with Crippen molar-refractivity contribution < 1.29 is 9.13 Å². The summed E-state index contributed by atoms with van der Waals surface area (Å²) < 4.78 is 21.8. The van der Waals surface area contributed by atoms with Gasteiger partial charge in [0.15, 0.2) is 5.65 Å². The summed E-state index contributed by atoms with van der Waals surface area (Å²) in [5, 5.41) is 11.6. The summed E-state index contributed by atoms with van der Waals surface area (Å²) in [5.41, 5.74) is 6.03. The minimum atomic E-state index is -0.248. The Bertz CT molecular complexity index is 1270. The first-order valence-corrected chi connectivity index (χ1v) is 10.5. The number of rotatable bonds is 6. The van der Waals surface area contributed by atoms with E-state index >= 15 is 0 Å². The second-order valence-electron chi connectivity index (χ2n) is 7.66. The molecular weight excluding hydrogens is 395 g/mol. The number of nitrogens with zero attached hydrogens (tertiary/aromatic N) is 5. The van der Waals surface area contributed by atoms with Gasteiger partial charge in [-0.3, -0.25) is 9.38 Å². The predicted octanol–water partition coefficient (Wildman–Crippen LogP) is 4.13. The third-order valence-corrected chi connectivity index (χ3v) is 5.64. The van der Waals surface area contributed by atoms with E-state index < -0.39 is 0 Å². The second-order valence-corrected chi connectivity index (χ2v) is 7.66. The monoisotopic (exact) mass is 418 g/mol. The number of hydrogen-bond donors (Lipinski definition) is 1. The van der Waals surface area contributed by atoms with Crippen LogP contribution in [-0.2, 0) is 19.4 Å². The molecule has 1 aromatic carbocycles. The highest BCUT2D eigenvalue weighted by Gasteiger charge is 2.20. The molecule has 1 aliphatic heterocycles. The van der Waals surface area contributed by atoms with Crippen LogP contribution in [0, 0.1) is 12.7 Å². The van der Waals surface area contributed by atoms with Gasteiger partial charge in [0.25, 0.3) is 0 Å². The highest BCUT2D eigenvalue weighted by Crippen LogP contribution is 2.31. The first kappa shape index (κ1) is 19.4. The van der Waals surface area contributed by atoms with Crippen molar-refractivity contribution >= 4 is 11.6 Å². The maximum Gasteiger partial charge on any atom is 0.210 e. The number of aromatic nitrogens is 5. The van der Waals surface area contributed by atoms with Crippen LogP contribution in [-0.4, -0.2) is 31.2 Å². The molecule has 0 aliphatic carbocycles. The van der Waals surface area contributed by atoms with Gasteiger partial charge in [-0.05, 0) is 31.5 Å². The molecule has 5 rings (SSSR count). The average Bonchev–Trinajstić information content (AvgIpc) is 3.43. The molecule has 3 aromatic heterocycles. The Morgan fingerprint density at radius 1 is 1.19 bits per heavy atom. The third kappa shape index (κ3) is 3.48. The lowest BCUT2D eigenvalue weighted by molar-refractivity contribution is 0.356. The van der Waals surface area contributed by atoms with Crippen LogP contribution >= 0.6 is 0 Å². The molecule has 4 aromatic rings. The van der Waals surface area contributed by atoms with Crippen molar-refractivity contribution in [2.75, 3.05) is 11.9 Å². The van der Waals surface area contributed by atoms with E-state index in [9.17, 15) is 4.39 Å². The van der Waals surface area contributed by atoms with Crippen molar-refractivity contribution in [3.05, 3.63) is 65.1 Å². The number of halogens is 1. The van der Waals surface area contributed by atoms with E-state index in [1.807, 2.05) is 13.0 Å². The molecule has 158 valence electrons. The topological polar surface area (TPSA) is 77.2 Å². The molecular formula is C23H23FN6O. The van der Waals surface area contributed by atoms with E-state index in [1.165, 1.54) is 6.07 Å². The molecule has 0 amide bonds. The van der Waals surface area contributed by atoms with Gasteiger partial charge in [-0.15, -0.1) is 10.2 Å².